The van der Waals surface area contributed by atoms with Gasteiger partial charge in [0.25, 0.3) is 21.8 Å². The molecule has 0 saturated heterocycles. The number of nitrogens with one attached hydrogen (secondary N) is 2. The average Bonchev–Trinajstić information content (AvgIpc) is 2.98. The van der Waals surface area contributed by atoms with Gasteiger partial charge in [0, 0.05) is 5.69 Å². The third-order valence-corrected chi connectivity index (χ3v) is 7.95. The van der Waals surface area contributed by atoms with Crippen LogP contribution in [0.2, 0.25) is 0 Å². The Labute approximate surface area is 239 Å². The Balaban J connectivity index is 1.37. The molecule has 0 radical (unpaired) electrons. The number of nitrogens with zero attached hydrogens (tertiary/aromatic N) is 2. The lowest BCUT2D eigenvalue weighted by Crippen LogP contribution is -2.40. The number of anilines is 2. The molecule has 0 aliphatic rings. The van der Waals surface area contributed by atoms with Crippen molar-refractivity contribution in [2.24, 2.45) is 5.10 Å². The standard InChI is InChI=1S/C31H30N4O5S/c1-23-10-9-15-29(24(23)2)35(41(38,39)28-13-7-4-8-14-28)21-30(36)34-32-20-25-16-18-27(19-17-25)40-22-31(37)33-26-11-5-3-6-12-26/h3-20H,21-22H2,1-2H3,(H,33,37)(H,34,36)/b32-20+. The molecule has 9 nitrogen and oxygen atoms in total. The number of hydrazone groups is 1. The number of rotatable bonds is 11. The zero-order valence-corrected chi connectivity index (χ0v) is 23.5. The number of carbonyl (C=O) groups excluding carboxylic acids is 2. The van der Waals surface area contributed by atoms with Crippen molar-refractivity contribution in [3.63, 3.8) is 0 Å². The summed E-state index contributed by atoms with van der Waals surface area (Å²) in [6.45, 7) is 3.08. The van der Waals surface area contributed by atoms with Crippen LogP contribution < -0.4 is 19.8 Å². The van der Waals surface area contributed by atoms with E-state index >= 15 is 0 Å². The van der Waals surface area contributed by atoms with Crippen molar-refractivity contribution in [2.45, 2.75) is 18.7 Å². The number of hydrogen-bond donors (Lipinski definition) is 2. The highest BCUT2D eigenvalue weighted by atomic mass is 32.2. The molecule has 2 N–H and O–H groups in total. The monoisotopic (exact) mass is 570 g/mol. The zero-order valence-electron chi connectivity index (χ0n) is 22.7. The van der Waals surface area contributed by atoms with Crippen LogP contribution in [0.4, 0.5) is 11.4 Å². The number of para-hydroxylation sites is 1. The third kappa shape index (κ3) is 7.80. The summed E-state index contributed by atoms with van der Waals surface area (Å²) in [7, 11) is -4.02. The van der Waals surface area contributed by atoms with E-state index < -0.39 is 22.5 Å². The Morgan fingerprint density at radius 3 is 2.17 bits per heavy atom. The van der Waals surface area contributed by atoms with E-state index in [1.807, 2.05) is 38.1 Å². The summed E-state index contributed by atoms with van der Waals surface area (Å²) in [5.74, 6) is -0.399. The number of hydrogen-bond acceptors (Lipinski definition) is 6. The summed E-state index contributed by atoms with van der Waals surface area (Å²) in [6, 6.07) is 29.1. The highest BCUT2D eigenvalue weighted by molar-refractivity contribution is 7.92. The maximum Gasteiger partial charge on any atom is 0.264 e. The summed E-state index contributed by atoms with van der Waals surface area (Å²) in [5.41, 5.74) is 5.83. The Hall–Kier alpha value is -4.96. The molecule has 0 saturated carbocycles. The van der Waals surface area contributed by atoms with Crippen LogP contribution in [-0.4, -0.2) is 39.6 Å². The van der Waals surface area contributed by atoms with Crippen LogP contribution in [0.25, 0.3) is 0 Å². The first-order valence-electron chi connectivity index (χ1n) is 12.8. The lowest BCUT2D eigenvalue weighted by molar-refractivity contribution is -0.119. The first kappa shape index (κ1) is 29.0. The summed E-state index contributed by atoms with van der Waals surface area (Å²) < 4.78 is 33.6. The number of sulfonamides is 1. The predicted octanol–water partition coefficient (Wildman–Crippen LogP) is 4.67. The molecule has 0 spiro atoms. The molecule has 0 aliphatic heterocycles. The van der Waals surface area contributed by atoms with Gasteiger partial charge in [-0.15, -0.1) is 0 Å². The van der Waals surface area contributed by atoms with Crippen LogP contribution in [0.15, 0.2) is 113 Å². The van der Waals surface area contributed by atoms with Gasteiger partial charge in [-0.2, -0.15) is 5.10 Å². The van der Waals surface area contributed by atoms with Crippen molar-refractivity contribution in [3.8, 4) is 5.75 Å². The fraction of sp³-hybridized carbons (Fsp3) is 0.129. The largest absolute Gasteiger partial charge is 0.484 e. The van der Waals surface area contributed by atoms with Gasteiger partial charge in [0.15, 0.2) is 6.61 Å². The van der Waals surface area contributed by atoms with Crippen molar-refractivity contribution in [1.82, 2.24) is 5.43 Å². The molecule has 4 aromatic carbocycles. The first-order valence-corrected chi connectivity index (χ1v) is 14.2. The maximum absolute atomic E-state index is 13.5. The molecular formula is C31H30N4O5S. The Morgan fingerprint density at radius 1 is 0.829 bits per heavy atom. The van der Waals surface area contributed by atoms with Gasteiger partial charge in [-0.3, -0.25) is 13.9 Å². The molecule has 0 fully saturated rings. The highest BCUT2D eigenvalue weighted by Gasteiger charge is 2.28. The van der Waals surface area contributed by atoms with Gasteiger partial charge in [0.05, 0.1) is 16.8 Å². The van der Waals surface area contributed by atoms with Crippen LogP contribution in [0.1, 0.15) is 16.7 Å². The number of benzene rings is 4. The van der Waals surface area contributed by atoms with Gasteiger partial charge in [-0.25, -0.2) is 13.8 Å². The molecule has 0 unspecified atom stereocenters. The van der Waals surface area contributed by atoms with Crippen molar-refractivity contribution in [1.29, 1.82) is 0 Å². The van der Waals surface area contributed by atoms with Gasteiger partial charge in [0.2, 0.25) is 0 Å². The summed E-state index contributed by atoms with van der Waals surface area (Å²) >= 11 is 0. The molecule has 210 valence electrons. The van der Waals surface area contributed by atoms with Crippen LogP contribution in [0, 0.1) is 13.8 Å². The van der Waals surface area contributed by atoms with Crippen LogP contribution in [0.5, 0.6) is 5.75 Å². The SMILES string of the molecule is Cc1cccc(N(CC(=O)N/N=C/c2ccc(OCC(=O)Nc3ccccc3)cc2)S(=O)(=O)c2ccccc2)c1C. The minimum Gasteiger partial charge on any atom is -0.484 e. The molecular weight excluding hydrogens is 540 g/mol. The fourth-order valence-electron chi connectivity index (χ4n) is 3.89. The van der Waals surface area contributed by atoms with E-state index in [0.717, 1.165) is 15.4 Å². The van der Waals surface area contributed by atoms with E-state index in [0.29, 0.717) is 22.7 Å². The first-order chi connectivity index (χ1) is 19.7. The van der Waals surface area contributed by atoms with Crippen molar-refractivity contribution < 1.29 is 22.7 Å². The van der Waals surface area contributed by atoms with Gasteiger partial charge < -0.3 is 10.1 Å². The van der Waals surface area contributed by atoms with E-state index in [4.69, 9.17) is 4.74 Å². The molecule has 0 bridgehead atoms. The number of aryl methyl sites for hydroxylation is 1. The van der Waals surface area contributed by atoms with Gasteiger partial charge in [-0.05, 0) is 85.1 Å². The highest BCUT2D eigenvalue weighted by Crippen LogP contribution is 2.28. The second-order valence-corrected chi connectivity index (χ2v) is 11.0. The molecule has 41 heavy (non-hydrogen) atoms. The molecule has 2 amide bonds. The van der Waals surface area contributed by atoms with Crippen LogP contribution in [-0.2, 0) is 19.6 Å². The Morgan fingerprint density at radius 2 is 1.49 bits per heavy atom. The molecule has 0 heterocycles. The number of carbonyl (C=O) groups is 2. The molecule has 0 aromatic heterocycles. The van der Waals surface area contributed by atoms with Crippen molar-refractivity contribution in [3.05, 3.63) is 120 Å². The zero-order chi connectivity index (χ0) is 29.2. The van der Waals surface area contributed by atoms with Gasteiger partial charge >= 0.3 is 0 Å². The third-order valence-electron chi connectivity index (χ3n) is 6.17. The lowest BCUT2D eigenvalue weighted by atomic mass is 10.1. The van der Waals surface area contributed by atoms with E-state index in [-0.39, 0.29) is 17.4 Å². The Kier molecular flexibility index (Phi) is 9.49. The lowest BCUT2D eigenvalue weighted by Gasteiger charge is -2.26. The number of ether oxygens (including phenoxy) is 1. The summed E-state index contributed by atoms with van der Waals surface area (Å²) in [4.78, 5) is 25.0. The molecule has 4 rings (SSSR count). The quantitative estimate of drug-likeness (QED) is 0.201. The summed E-state index contributed by atoms with van der Waals surface area (Å²) in [5, 5.41) is 6.73. The van der Waals surface area contributed by atoms with Crippen molar-refractivity contribution >= 4 is 39.4 Å². The molecule has 4 aromatic rings. The maximum atomic E-state index is 13.5. The van der Waals surface area contributed by atoms with Crippen molar-refractivity contribution in [2.75, 3.05) is 22.8 Å². The normalized spacial score (nSPS) is 11.2. The minimum absolute atomic E-state index is 0.0806. The van der Waals surface area contributed by atoms with E-state index in [1.54, 1.807) is 66.7 Å². The molecule has 0 aliphatic carbocycles. The van der Waals surface area contributed by atoms with Crippen LogP contribution >= 0.6 is 0 Å². The Bertz CT molecular complexity index is 1620. The molecule has 0 atom stereocenters. The van der Waals surface area contributed by atoms with E-state index in [2.05, 4.69) is 15.8 Å². The summed E-state index contributed by atoms with van der Waals surface area (Å²) in [6.07, 6.45) is 1.43. The smallest absolute Gasteiger partial charge is 0.264 e. The van der Waals surface area contributed by atoms with Crippen LogP contribution in [0.3, 0.4) is 0 Å². The fourth-order valence-corrected chi connectivity index (χ4v) is 5.39. The second kappa shape index (κ2) is 13.4. The van der Waals surface area contributed by atoms with Gasteiger partial charge in [0.1, 0.15) is 12.3 Å². The van der Waals surface area contributed by atoms with E-state index in [9.17, 15) is 18.0 Å². The van der Waals surface area contributed by atoms with E-state index in [1.165, 1.54) is 18.3 Å². The number of amides is 2. The predicted molar refractivity (Wildman–Crippen MR) is 160 cm³/mol. The van der Waals surface area contributed by atoms with Gasteiger partial charge in [-0.1, -0.05) is 48.5 Å². The average molecular weight is 571 g/mol. The topological polar surface area (TPSA) is 117 Å². The second-order valence-electron chi connectivity index (χ2n) is 9.11. The molecule has 10 heteroatoms. The minimum atomic E-state index is -4.02.